The zero-order valence-electron chi connectivity index (χ0n) is 78.8. The average molecular weight is 1890 g/mol. The third-order valence-electron chi connectivity index (χ3n) is 18.0. The Bertz CT molecular complexity index is 4450. The quantitative estimate of drug-likeness (QED) is 0.0860. The van der Waals surface area contributed by atoms with Gasteiger partial charge < -0.3 is 28.6 Å². The summed E-state index contributed by atoms with van der Waals surface area (Å²) in [6.45, 7) is 76.2. The molecule has 2 amide bonds. The first-order valence-corrected chi connectivity index (χ1v) is 43.4. The zero-order chi connectivity index (χ0) is 92.6. The van der Waals surface area contributed by atoms with Crippen LogP contribution in [-0.2, 0) is 78.5 Å². The van der Waals surface area contributed by atoms with Crippen LogP contribution in [0.2, 0.25) is 0 Å². The molecule has 22 heteroatoms. The van der Waals surface area contributed by atoms with E-state index in [1.807, 2.05) is 131 Å². The molecule has 0 saturated carbocycles. The molecular formula is C99H138N13O4ReS4-. The number of allylic oxidation sites excluding steroid dienone is 2. The van der Waals surface area contributed by atoms with Gasteiger partial charge in [-0.1, -0.05) is 164 Å². The summed E-state index contributed by atoms with van der Waals surface area (Å²) in [7, 11) is 0. The molecule has 2 unspecified atom stereocenters. The first kappa shape index (κ1) is 112. The molecule has 17 nitrogen and oxygen atoms in total. The van der Waals surface area contributed by atoms with Crippen molar-refractivity contribution in [2.75, 3.05) is 19.6 Å². The van der Waals surface area contributed by atoms with E-state index in [0.29, 0.717) is 34.7 Å². The van der Waals surface area contributed by atoms with Crippen LogP contribution in [0.5, 0.6) is 0 Å². The molecule has 2 aliphatic heterocycles. The predicted molar refractivity (Wildman–Crippen MR) is 506 cm³/mol. The Balaban J connectivity index is 0.00000131. The minimum atomic E-state index is -0.0272. The first-order valence-electron chi connectivity index (χ1n) is 40.1. The summed E-state index contributed by atoms with van der Waals surface area (Å²) in [5.41, 5.74) is 5.77. The van der Waals surface area contributed by atoms with Crippen LogP contribution >= 0.6 is 45.7 Å². The van der Waals surface area contributed by atoms with Crippen LogP contribution in [0.1, 0.15) is 313 Å². The number of nitrogens with zero attached hydrogens (tertiary/aromatic N) is 13. The topological polar surface area (TPSA) is 189 Å². The molecule has 3 aliphatic rings. The summed E-state index contributed by atoms with van der Waals surface area (Å²) in [5, 5.41) is 13.8. The Morgan fingerprint density at radius 3 is 1.47 bits per heavy atom. The van der Waals surface area contributed by atoms with Gasteiger partial charge in [0.2, 0.25) is 11.8 Å². The van der Waals surface area contributed by atoms with E-state index in [1.54, 1.807) is 35.9 Å². The number of aromatic nitrogens is 11. The molecule has 1 fully saturated rings. The second-order valence-corrected chi connectivity index (χ2v) is 43.2. The fourth-order valence-corrected chi connectivity index (χ4v) is 13.5. The molecule has 0 N–H and O–H groups in total. The summed E-state index contributed by atoms with van der Waals surface area (Å²) in [6.07, 6.45) is 61.7. The molecule has 8 aromatic rings. The van der Waals surface area contributed by atoms with Crippen molar-refractivity contribution in [2.24, 2.45) is 22.7 Å². The van der Waals surface area contributed by atoms with Gasteiger partial charge in [-0.15, -0.1) is 80.0 Å². The Morgan fingerprint density at radius 1 is 0.587 bits per heavy atom. The maximum absolute atomic E-state index is 11.3. The molecule has 1 radical (unpaired) electrons. The van der Waals surface area contributed by atoms with Gasteiger partial charge in [-0.2, -0.15) is 19.9 Å². The van der Waals surface area contributed by atoms with E-state index in [1.165, 1.54) is 55.8 Å². The van der Waals surface area contributed by atoms with Gasteiger partial charge in [-0.25, -0.2) is 19.9 Å². The van der Waals surface area contributed by atoms with Gasteiger partial charge in [0.1, 0.15) is 22.8 Å². The standard InChI is InChI=1S/C11H19NO.C10H16O.2C9H12N2.C9H11NO.4C9H11NS.C8H13NO.C7H11N2.Re/c1-5-10(13)12-7-6-9(8-12)11(2,3)4;1-10(2,3)8-5-4-6-9(11)7-8;1-5-8-10-6-7-11(8)9(2,3)4;1-5-8-6-7-11(10-8)9(2,3)4;1-5-8-10-6-7(11-8)9(2,3)4;1-5-8-10-7(6-11-8)9(2,3)4;1-5-8-10-6-7(11-8)9(2,3)4;1-5-8-7(6-11-10-8)9(2,3)4;1-5-7-6-8(11-10-7)9(2,3)4;1-8(2,3)9-6-4-5-7(9)10;1-7(2,3)9-6-4-5-8-9;/h5,9H,1,6-8H2,2-4H3;4,6,8H,5,7H2,1-3H3;2*1,6-7H,2-4H3;5*1,6H,2-4H3;4-5H,6H2,1-3H3;4,6H,1-3H3;/q;;;;;;;;;;-1;. The van der Waals surface area contributed by atoms with Gasteiger partial charge in [0.15, 0.2) is 21.6 Å². The number of likely N-dealkylation sites (tertiary alicyclic amines) is 1. The second kappa shape index (κ2) is 48.6. The molecule has 1 aliphatic carbocycles. The summed E-state index contributed by atoms with van der Waals surface area (Å²) >= 11 is 6.04. The van der Waals surface area contributed by atoms with Gasteiger partial charge in [-0.3, -0.25) is 19.1 Å². The maximum atomic E-state index is 11.3. The third kappa shape index (κ3) is 41.5. The molecule has 10 heterocycles. The zero-order valence-corrected chi connectivity index (χ0v) is 84.8. The molecule has 8 aromatic heterocycles. The number of hydrogen-bond donors (Lipinski definition) is 0. The molecule has 121 heavy (non-hydrogen) atoms. The Kier molecular flexibility index (Phi) is 44.9. The Hall–Kier alpha value is -9.23. The number of hydrogen-bond acceptors (Lipinski definition) is 16. The van der Waals surface area contributed by atoms with Gasteiger partial charge in [-0.05, 0) is 224 Å². The van der Waals surface area contributed by atoms with Crippen molar-refractivity contribution in [1.82, 2.24) is 62.6 Å². The van der Waals surface area contributed by atoms with Crippen molar-refractivity contribution < 1.29 is 39.2 Å². The second-order valence-electron chi connectivity index (χ2n) is 39.9. The molecule has 11 rings (SSSR count). The van der Waals surface area contributed by atoms with Crippen LogP contribution in [-0.4, -0.2) is 105 Å². The van der Waals surface area contributed by atoms with E-state index in [-0.39, 0.29) is 92.7 Å². The SMILES string of the molecule is C#Cc1cc(C(C)(C)C)sn1.C#Cc1ccn(C(C)(C)C)n1.C#Cc1nc(C(C)(C)C)cs1.C#Cc1ncc(C(C)(C)C)o1.C#Cc1ncc(C(C)(C)C)s1.C#Cc1nccn1C(C)(C)C.C#Cc1nscc1C(C)(C)C.C=CC(=O)N1CCC(C(C)(C)C)C1.CC(C)(C)C1CC=CC(=O)C1.CC(C)(C)N1CC=CC1=O.CC(C)(C)n1cc[c-]n1.[Re]. The van der Waals surface area contributed by atoms with Gasteiger partial charge in [0, 0.05) is 131 Å². The van der Waals surface area contributed by atoms with Crippen molar-refractivity contribution in [3.8, 4) is 86.4 Å². The van der Waals surface area contributed by atoms with Gasteiger partial charge in [0.05, 0.1) is 17.4 Å². The maximum Gasteiger partial charge on any atom is 0.273 e. The number of terminal acetylenes is 7. The third-order valence-corrected chi connectivity index (χ3v) is 22.0. The van der Waals surface area contributed by atoms with Crippen LogP contribution < -0.4 is 0 Å². The van der Waals surface area contributed by atoms with Crippen molar-refractivity contribution in [3.63, 3.8) is 0 Å². The van der Waals surface area contributed by atoms with E-state index < -0.39 is 0 Å². The molecule has 655 valence electrons. The van der Waals surface area contributed by atoms with Crippen LogP contribution in [0.25, 0.3) is 0 Å². The largest absolute Gasteiger partial charge is 0.435 e. The number of imidazole rings is 1. The van der Waals surface area contributed by atoms with Crippen molar-refractivity contribution in [3.05, 3.63) is 175 Å². The van der Waals surface area contributed by atoms with Crippen LogP contribution in [0.15, 0.2) is 108 Å². The average Bonchev–Trinajstić information content (AvgIpc) is 1.47. The summed E-state index contributed by atoms with van der Waals surface area (Å²) in [6, 6.07) is 5.63. The minimum absolute atomic E-state index is 0. The number of amides is 2. The van der Waals surface area contributed by atoms with E-state index in [9.17, 15) is 14.4 Å². The monoisotopic (exact) mass is 1890 g/mol. The van der Waals surface area contributed by atoms with Crippen molar-refractivity contribution in [1.29, 1.82) is 0 Å². The molecular weight excluding hydrogens is 1750 g/mol. The molecule has 1 saturated heterocycles. The summed E-state index contributed by atoms with van der Waals surface area (Å²) in [5.74, 6) is 21.1. The summed E-state index contributed by atoms with van der Waals surface area (Å²) < 4.78 is 19.2. The van der Waals surface area contributed by atoms with Gasteiger partial charge >= 0.3 is 0 Å². The number of thiazole rings is 2. The van der Waals surface area contributed by atoms with E-state index in [0.717, 1.165) is 71.8 Å². The van der Waals surface area contributed by atoms with Crippen LogP contribution in [0.4, 0.5) is 0 Å². The molecule has 0 bridgehead atoms. The number of carbonyl (C=O) groups is 3. The first-order chi connectivity index (χ1) is 54.9. The van der Waals surface area contributed by atoms with E-state index in [4.69, 9.17) is 49.4 Å². The van der Waals surface area contributed by atoms with Crippen molar-refractivity contribution in [2.45, 2.75) is 297 Å². The minimum Gasteiger partial charge on any atom is -0.435 e. The van der Waals surface area contributed by atoms with Crippen LogP contribution in [0, 0.1) is 115 Å². The molecule has 0 aromatic carbocycles. The fraction of sp³-hybridized carbons (Fsp3) is 0.525. The molecule has 2 atom stereocenters. The Morgan fingerprint density at radius 2 is 1.17 bits per heavy atom. The summed E-state index contributed by atoms with van der Waals surface area (Å²) in [4.78, 5) is 55.9. The van der Waals surface area contributed by atoms with Crippen LogP contribution in [0.3, 0.4) is 0 Å². The number of carbonyl (C=O) groups excluding carboxylic acids is 3. The number of rotatable bonds is 1. The molecule has 0 spiro atoms. The Labute approximate surface area is 760 Å². The predicted octanol–water partition coefficient (Wildman–Crippen LogP) is 22.1. The van der Waals surface area contributed by atoms with Crippen molar-refractivity contribution >= 4 is 63.3 Å². The number of ketones is 1. The van der Waals surface area contributed by atoms with E-state index in [2.05, 4.69) is 280 Å². The fourth-order valence-electron chi connectivity index (χ4n) is 10.2. The van der Waals surface area contributed by atoms with E-state index >= 15 is 0 Å². The normalized spacial score (nSPS) is 14.3. The van der Waals surface area contributed by atoms with Gasteiger partial charge in [0.25, 0.3) is 5.89 Å². The smallest absolute Gasteiger partial charge is 0.273 e. The number of oxazole rings is 1.